The molecule has 0 bridgehead atoms. The van der Waals surface area contributed by atoms with Crippen molar-refractivity contribution < 1.29 is 4.79 Å². The van der Waals surface area contributed by atoms with Gasteiger partial charge in [0.25, 0.3) is 5.56 Å². The molecular formula is C16H13N5O3. The molecule has 3 aromatic rings. The van der Waals surface area contributed by atoms with Crippen molar-refractivity contribution in [2.24, 2.45) is 14.1 Å². The third kappa shape index (κ3) is 1.89. The molecule has 1 aliphatic heterocycles. The zero-order valence-electron chi connectivity index (χ0n) is 13.0. The average molecular weight is 323 g/mol. The number of hydrogen-bond acceptors (Lipinski definition) is 5. The monoisotopic (exact) mass is 323 g/mol. The lowest BCUT2D eigenvalue weighted by Gasteiger charge is -2.11. The molecule has 1 N–H and O–H groups in total. The van der Waals surface area contributed by atoms with Crippen LogP contribution in [0.15, 0.2) is 34.0 Å². The summed E-state index contributed by atoms with van der Waals surface area (Å²) < 4.78 is 2.35. The van der Waals surface area contributed by atoms with Gasteiger partial charge in [-0.2, -0.15) is 0 Å². The number of fused-ring (bicyclic) bond motifs is 4. The summed E-state index contributed by atoms with van der Waals surface area (Å²) in [5.74, 6) is -0.203. The first-order valence-electron chi connectivity index (χ1n) is 7.32. The van der Waals surface area contributed by atoms with Crippen LogP contribution in [-0.2, 0) is 25.3 Å². The fraction of sp³-hybridized carbons (Fsp3) is 0.188. The number of hydrogen-bond donors (Lipinski definition) is 1. The molecule has 0 radical (unpaired) electrons. The smallest absolute Gasteiger partial charge is 0.324 e. The summed E-state index contributed by atoms with van der Waals surface area (Å²) in [6, 6.07) is 5.09. The van der Waals surface area contributed by atoms with E-state index in [9.17, 15) is 14.4 Å². The summed E-state index contributed by atoms with van der Waals surface area (Å²) in [5, 5.41) is 3.08. The van der Waals surface area contributed by atoms with Gasteiger partial charge in [0.1, 0.15) is 11.3 Å². The summed E-state index contributed by atoms with van der Waals surface area (Å²) in [6.45, 7) is 0. The van der Waals surface area contributed by atoms with Crippen LogP contribution in [0.3, 0.4) is 0 Å². The molecule has 0 aromatic carbocycles. The van der Waals surface area contributed by atoms with E-state index in [1.807, 2.05) is 0 Å². The summed E-state index contributed by atoms with van der Waals surface area (Å²) in [7, 11) is 2.97. The quantitative estimate of drug-likeness (QED) is 0.637. The number of carbonyl (C=O) groups excluding carboxylic acids is 1. The first-order chi connectivity index (χ1) is 11.5. The Hall–Kier alpha value is -3.29. The van der Waals surface area contributed by atoms with E-state index in [4.69, 9.17) is 0 Å². The second-order valence-corrected chi connectivity index (χ2v) is 5.70. The maximum Gasteiger partial charge on any atom is 0.332 e. The van der Waals surface area contributed by atoms with Crippen molar-refractivity contribution in [1.29, 1.82) is 0 Å². The van der Waals surface area contributed by atoms with Crippen molar-refractivity contribution in [3.63, 3.8) is 0 Å². The summed E-state index contributed by atoms with van der Waals surface area (Å²) in [6.07, 6.45) is 1.69. The van der Waals surface area contributed by atoms with Crippen LogP contribution < -0.4 is 16.6 Å². The summed E-state index contributed by atoms with van der Waals surface area (Å²) in [5.41, 5.74) is 1.56. The number of amides is 1. The first kappa shape index (κ1) is 14.3. The second kappa shape index (κ2) is 4.85. The fourth-order valence-corrected chi connectivity index (χ4v) is 2.94. The van der Waals surface area contributed by atoms with E-state index in [2.05, 4.69) is 15.3 Å². The maximum absolute atomic E-state index is 12.4. The Morgan fingerprint density at radius 1 is 1.12 bits per heavy atom. The number of nitrogens with one attached hydrogen (secondary N) is 1. The number of rotatable bonds is 0. The highest BCUT2D eigenvalue weighted by atomic mass is 16.2. The number of carbonyl (C=O) groups is 1. The molecule has 8 heteroatoms. The number of aryl methyl sites for hydroxylation is 1. The van der Waals surface area contributed by atoms with Crippen LogP contribution in [-0.4, -0.2) is 25.0 Å². The van der Waals surface area contributed by atoms with Crippen molar-refractivity contribution in [2.45, 2.75) is 6.42 Å². The van der Waals surface area contributed by atoms with Crippen molar-refractivity contribution >= 4 is 22.6 Å². The zero-order chi connectivity index (χ0) is 17.0. The van der Waals surface area contributed by atoms with Crippen LogP contribution in [0.25, 0.3) is 22.4 Å². The van der Waals surface area contributed by atoms with E-state index < -0.39 is 11.2 Å². The average Bonchev–Trinajstić information content (AvgIpc) is 2.71. The minimum atomic E-state index is -0.455. The number of aromatic nitrogens is 4. The van der Waals surface area contributed by atoms with Crippen LogP contribution >= 0.6 is 0 Å². The molecule has 0 saturated carbocycles. The van der Waals surface area contributed by atoms with Crippen LogP contribution in [0.2, 0.25) is 0 Å². The molecular weight excluding hydrogens is 310 g/mol. The molecule has 120 valence electrons. The largest absolute Gasteiger partial charge is 0.332 e. The van der Waals surface area contributed by atoms with Gasteiger partial charge in [0.05, 0.1) is 23.2 Å². The summed E-state index contributed by atoms with van der Waals surface area (Å²) in [4.78, 5) is 45.5. The highest BCUT2D eigenvalue weighted by molar-refractivity contribution is 6.00. The Labute approximate surface area is 135 Å². The normalized spacial score (nSPS) is 13.2. The molecule has 3 aromatic heterocycles. The lowest BCUT2D eigenvalue weighted by molar-refractivity contribution is -0.115. The molecule has 4 rings (SSSR count). The molecule has 8 nitrogen and oxygen atoms in total. The fourth-order valence-electron chi connectivity index (χ4n) is 2.94. The van der Waals surface area contributed by atoms with Crippen molar-refractivity contribution in [3.8, 4) is 11.4 Å². The van der Waals surface area contributed by atoms with E-state index in [1.165, 1.54) is 11.6 Å². The Kier molecular flexibility index (Phi) is 2.89. The third-order valence-corrected chi connectivity index (χ3v) is 4.17. The topological polar surface area (TPSA) is 98.9 Å². The van der Waals surface area contributed by atoms with Gasteiger partial charge in [-0.3, -0.25) is 23.7 Å². The van der Waals surface area contributed by atoms with Crippen LogP contribution in [0.5, 0.6) is 0 Å². The van der Waals surface area contributed by atoms with E-state index >= 15 is 0 Å². The van der Waals surface area contributed by atoms with Gasteiger partial charge in [0.15, 0.2) is 0 Å². The molecule has 4 heterocycles. The van der Waals surface area contributed by atoms with Gasteiger partial charge < -0.3 is 5.32 Å². The van der Waals surface area contributed by atoms with Gasteiger partial charge in [-0.05, 0) is 23.8 Å². The molecule has 0 saturated heterocycles. The Morgan fingerprint density at radius 2 is 1.92 bits per heavy atom. The van der Waals surface area contributed by atoms with E-state index in [0.29, 0.717) is 28.0 Å². The Balaban J connectivity index is 2.18. The molecule has 0 unspecified atom stereocenters. The Bertz CT molecular complexity index is 1140. The predicted octanol–water partition coefficient (Wildman–Crippen LogP) is 0.189. The van der Waals surface area contributed by atoms with Gasteiger partial charge >= 0.3 is 5.69 Å². The number of anilines is 1. The predicted molar refractivity (Wildman–Crippen MR) is 87.8 cm³/mol. The van der Waals surface area contributed by atoms with E-state index in [1.54, 1.807) is 31.4 Å². The zero-order valence-corrected chi connectivity index (χ0v) is 13.0. The van der Waals surface area contributed by atoms with Gasteiger partial charge in [0.2, 0.25) is 5.91 Å². The van der Waals surface area contributed by atoms with E-state index in [-0.39, 0.29) is 18.0 Å². The minimum absolute atomic E-state index is 0.0840. The SMILES string of the molecule is Cn1c(=O)c2cc3c(nc2n(C)c1=O)-c1ncccc1NC(=O)C3. The van der Waals surface area contributed by atoms with Gasteiger partial charge in [0, 0.05) is 20.3 Å². The molecule has 0 atom stereocenters. The second-order valence-electron chi connectivity index (χ2n) is 5.70. The maximum atomic E-state index is 12.4. The number of pyridine rings is 2. The standard InChI is InChI=1S/C16H13N5O3/c1-20-14-9(15(23)21(2)16(20)24)6-8-7-11(22)18-10-4-3-5-17-13(10)12(8)19-14/h3-6H,7H2,1-2H3,(H,18,22). The molecule has 0 fully saturated rings. The lowest BCUT2D eigenvalue weighted by Crippen LogP contribution is -2.37. The highest BCUT2D eigenvalue weighted by Gasteiger charge is 2.23. The highest BCUT2D eigenvalue weighted by Crippen LogP contribution is 2.31. The first-order valence-corrected chi connectivity index (χ1v) is 7.32. The summed E-state index contributed by atoms with van der Waals surface area (Å²) >= 11 is 0. The molecule has 0 aliphatic carbocycles. The van der Waals surface area contributed by atoms with E-state index in [0.717, 1.165) is 4.57 Å². The van der Waals surface area contributed by atoms with Crippen molar-refractivity contribution in [2.75, 3.05) is 5.32 Å². The lowest BCUT2D eigenvalue weighted by atomic mass is 10.1. The van der Waals surface area contributed by atoms with Crippen molar-refractivity contribution in [1.82, 2.24) is 19.1 Å². The van der Waals surface area contributed by atoms with Crippen LogP contribution in [0, 0.1) is 0 Å². The van der Waals surface area contributed by atoms with Gasteiger partial charge in [-0.15, -0.1) is 0 Å². The molecule has 24 heavy (non-hydrogen) atoms. The molecule has 0 spiro atoms. The Morgan fingerprint density at radius 3 is 2.71 bits per heavy atom. The third-order valence-electron chi connectivity index (χ3n) is 4.17. The van der Waals surface area contributed by atoms with Gasteiger partial charge in [-0.1, -0.05) is 0 Å². The van der Waals surface area contributed by atoms with Crippen molar-refractivity contribution in [3.05, 3.63) is 50.8 Å². The number of nitrogens with zero attached hydrogens (tertiary/aromatic N) is 4. The minimum Gasteiger partial charge on any atom is -0.324 e. The van der Waals surface area contributed by atoms with Gasteiger partial charge in [-0.25, -0.2) is 9.78 Å². The molecule has 1 amide bonds. The van der Waals surface area contributed by atoms with Crippen LogP contribution in [0.4, 0.5) is 5.69 Å². The molecule has 1 aliphatic rings. The van der Waals surface area contributed by atoms with Crippen LogP contribution in [0.1, 0.15) is 5.56 Å².